The van der Waals surface area contributed by atoms with E-state index in [1.807, 2.05) is 6.07 Å². The van der Waals surface area contributed by atoms with Gasteiger partial charge in [-0.15, -0.1) is 0 Å². The number of rotatable bonds is 6. The second-order valence-electron chi connectivity index (χ2n) is 4.36. The van der Waals surface area contributed by atoms with Crippen LogP contribution >= 0.6 is 0 Å². The number of nitrogens with zero attached hydrogens (tertiary/aromatic N) is 2. The second kappa shape index (κ2) is 6.76. The zero-order valence-electron chi connectivity index (χ0n) is 11.4. The quantitative estimate of drug-likeness (QED) is 0.653. The smallest absolute Gasteiger partial charge is 0.304 e. The molecule has 0 saturated carbocycles. The van der Waals surface area contributed by atoms with Crippen LogP contribution in [0, 0.1) is 15.9 Å². The number of aromatic nitrogens is 1. The summed E-state index contributed by atoms with van der Waals surface area (Å²) in [5.74, 6) is -0.290. The van der Waals surface area contributed by atoms with Crippen molar-refractivity contribution >= 4 is 5.69 Å². The molecule has 2 rings (SSSR count). The van der Waals surface area contributed by atoms with Gasteiger partial charge in [0.05, 0.1) is 12.0 Å². The van der Waals surface area contributed by atoms with Crippen molar-refractivity contribution in [2.45, 2.75) is 13.1 Å². The molecule has 21 heavy (non-hydrogen) atoms. The highest BCUT2D eigenvalue weighted by atomic mass is 19.1. The Morgan fingerprint density at radius 1 is 1.29 bits per heavy atom. The van der Waals surface area contributed by atoms with Gasteiger partial charge < -0.3 is 10.1 Å². The first kappa shape index (κ1) is 14.9. The van der Waals surface area contributed by atoms with Crippen molar-refractivity contribution in [3.63, 3.8) is 0 Å². The molecule has 0 saturated heterocycles. The van der Waals surface area contributed by atoms with Crippen molar-refractivity contribution in [2.24, 2.45) is 0 Å². The van der Waals surface area contributed by atoms with Crippen LogP contribution in [0.4, 0.5) is 10.1 Å². The minimum absolute atomic E-state index is 0.404. The molecule has 0 spiro atoms. The predicted octanol–water partition coefficient (Wildman–Crippen LogP) is 2.43. The molecule has 110 valence electrons. The molecule has 0 radical (unpaired) electrons. The van der Waals surface area contributed by atoms with Gasteiger partial charge in [0.2, 0.25) is 11.7 Å². The number of benzene rings is 1. The fraction of sp³-hybridized carbons (Fsp3) is 0.214. The van der Waals surface area contributed by atoms with Gasteiger partial charge in [-0.05, 0) is 17.2 Å². The summed E-state index contributed by atoms with van der Waals surface area (Å²) >= 11 is 0. The zero-order valence-corrected chi connectivity index (χ0v) is 11.4. The third-order valence-corrected chi connectivity index (χ3v) is 2.87. The standard InChI is InChI=1S/C14H14FN3O3/c1-21-14-5-3-11(9-17-14)8-16-7-10-2-4-13(18(19)20)12(15)6-10/h2-6,9,16H,7-8H2,1H3. The van der Waals surface area contributed by atoms with Crippen LogP contribution in [0.1, 0.15) is 11.1 Å². The highest BCUT2D eigenvalue weighted by Gasteiger charge is 2.13. The molecule has 6 nitrogen and oxygen atoms in total. The molecule has 0 aliphatic heterocycles. The topological polar surface area (TPSA) is 77.3 Å². The molecule has 0 atom stereocenters. The molecule has 0 aliphatic rings. The number of halogens is 1. The average molecular weight is 291 g/mol. The maximum Gasteiger partial charge on any atom is 0.304 e. The summed E-state index contributed by atoms with van der Waals surface area (Å²) in [7, 11) is 1.55. The average Bonchev–Trinajstić information content (AvgIpc) is 2.47. The lowest BCUT2D eigenvalue weighted by molar-refractivity contribution is -0.387. The highest BCUT2D eigenvalue weighted by Crippen LogP contribution is 2.18. The van der Waals surface area contributed by atoms with E-state index in [0.29, 0.717) is 24.5 Å². The van der Waals surface area contributed by atoms with Gasteiger partial charge in [-0.25, -0.2) is 4.98 Å². The normalized spacial score (nSPS) is 10.4. The van der Waals surface area contributed by atoms with Crippen LogP contribution in [0.25, 0.3) is 0 Å². The molecule has 0 aliphatic carbocycles. The molecule has 1 heterocycles. The van der Waals surface area contributed by atoms with E-state index in [1.54, 1.807) is 19.4 Å². The summed E-state index contributed by atoms with van der Waals surface area (Å²) in [5, 5.41) is 13.6. The Morgan fingerprint density at radius 3 is 2.57 bits per heavy atom. The third-order valence-electron chi connectivity index (χ3n) is 2.87. The Hall–Kier alpha value is -2.54. The maximum atomic E-state index is 13.4. The van der Waals surface area contributed by atoms with Gasteiger partial charge in [-0.3, -0.25) is 10.1 Å². The van der Waals surface area contributed by atoms with Gasteiger partial charge in [0.15, 0.2) is 0 Å². The van der Waals surface area contributed by atoms with Gasteiger partial charge in [-0.2, -0.15) is 4.39 Å². The third kappa shape index (κ3) is 3.96. The summed E-state index contributed by atoms with van der Waals surface area (Å²) < 4.78 is 18.4. The van der Waals surface area contributed by atoms with Gasteiger partial charge >= 0.3 is 5.69 Å². The Bertz CT molecular complexity index is 632. The van der Waals surface area contributed by atoms with Crippen molar-refractivity contribution in [3.8, 4) is 5.88 Å². The zero-order chi connectivity index (χ0) is 15.2. The predicted molar refractivity (Wildman–Crippen MR) is 74.4 cm³/mol. The lowest BCUT2D eigenvalue weighted by Crippen LogP contribution is -2.13. The largest absolute Gasteiger partial charge is 0.481 e. The van der Waals surface area contributed by atoms with E-state index in [1.165, 1.54) is 12.1 Å². The lowest BCUT2D eigenvalue weighted by atomic mass is 10.2. The summed E-state index contributed by atoms with van der Waals surface area (Å²) in [6.45, 7) is 0.955. The lowest BCUT2D eigenvalue weighted by Gasteiger charge is -2.06. The van der Waals surface area contributed by atoms with Crippen LogP contribution in [0.2, 0.25) is 0 Å². The molecule has 0 fully saturated rings. The molecule has 2 aromatic rings. The summed E-state index contributed by atoms with van der Waals surface area (Å²) in [5.41, 5.74) is 1.08. The number of nitrogens with one attached hydrogen (secondary N) is 1. The molecule has 1 N–H and O–H groups in total. The summed E-state index contributed by atoms with van der Waals surface area (Å²) in [6, 6.07) is 7.48. The van der Waals surface area contributed by atoms with Crippen molar-refractivity contribution < 1.29 is 14.1 Å². The van der Waals surface area contributed by atoms with Crippen LogP contribution in [-0.4, -0.2) is 17.0 Å². The van der Waals surface area contributed by atoms with E-state index in [4.69, 9.17) is 4.74 Å². The first-order valence-corrected chi connectivity index (χ1v) is 6.22. The second-order valence-corrected chi connectivity index (χ2v) is 4.36. The van der Waals surface area contributed by atoms with Crippen molar-refractivity contribution in [3.05, 3.63) is 63.6 Å². The molecule has 0 amide bonds. The van der Waals surface area contributed by atoms with Gasteiger partial charge in [0, 0.05) is 31.4 Å². The molecule has 7 heteroatoms. The van der Waals surface area contributed by atoms with Gasteiger partial charge in [-0.1, -0.05) is 12.1 Å². The van der Waals surface area contributed by atoms with Gasteiger partial charge in [0.25, 0.3) is 0 Å². The number of methoxy groups -OCH3 is 1. The Balaban J connectivity index is 1.91. The van der Waals surface area contributed by atoms with Gasteiger partial charge in [0.1, 0.15) is 0 Å². The van der Waals surface area contributed by atoms with Crippen LogP contribution in [-0.2, 0) is 13.1 Å². The minimum Gasteiger partial charge on any atom is -0.481 e. The van der Waals surface area contributed by atoms with E-state index in [9.17, 15) is 14.5 Å². The molecule has 1 aromatic carbocycles. The van der Waals surface area contributed by atoms with Crippen molar-refractivity contribution in [2.75, 3.05) is 7.11 Å². The first-order chi connectivity index (χ1) is 10.1. The maximum absolute atomic E-state index is 13.4. The minimum atomic E-state index is -0.828. The van der Waals surface area contributed by atoms with Crippen LogP contribution in [0.15, 0.2) is 36.5 Å². The molecular formula is C14H14FN3O3. The fourth-order valence-electron chi connectivity index (χ4n) is 1.80. The number of pyridine rings is 1. The number of hydrogen-bond donors (Lipinski definition) is 1. The van der Waals surface area contributed by atoms with E-state index in [0.717, 1.165) is 11.6 Å². The van der Waals surface area contributed by atoms with Crippen molar-refractivity contribution in [1.29, 1.82) is 0 Å². The van der Waals surface area contributed by atoms with E-state index in [-0.39, 0.29) is 0 Å². The number of nitro benzene ring substituents is 1. The van der Waals surface area contributed by atoms with Crippen LogP contribution < -0.4 is 10.1 Å². The van der Waals surface area contributed by atoms with E-state index >= 15 is 0 Å². The van der Waals surface area contributed by atoms with E-state index in [2.05, 4.69) is 10.3 Å². The fourth-order valence-corrected chi connectivity index (χ4v) is 1.80. The number of nitro groups is 1. The molecular weight excluding hydrogens is 277 g/mol. The first-order valence-electron chi connectivity index (χ1n) is 6.22. The molecule has 1 aromatic heterocycles. The number of ether oxygens (including phenoxy) is 1. The van der Waals surface area contributed by atoms with Crippen LogP contribution in [0.3, 0.4) is 0 Å². The van der Waals surface area contributed by atoms with Crippen molar-refractivity contribution in [1.82, 2.24) is 10.3 Å². The Labute approximate surface area is 120 Å². The Morgan fingerprint density at radius 2 is 2.00 bits per heavy atom. The monoisotopic (exact) mass is 291 g/mol. The van der Waals surface area contributed by atoms with Crippen LogP contribution in [0.5, 0.6) is 5.88 Å². The molecule has 0 bridgehead atoms. The number of hydrogen-bond acceptors (Lipinski definition) is 5. The van der Waals surface area contributed by atoms with E-state index < -0.39 is 16.4 Å². The Kier molecular flexibility index (Phi) is 4.78. The summed E-state index contributed by atoms with van der Waals surface area (Å²) in [4.78, 5) is 13.8. The molecule has 0 unspecified atom stereocenters. The highest BCUT2D eigenvalue weighted by molar-refractivity contribution is 5.35. The summed E-state index contributed by atoms with van der Waals surface area (Å²) in [6.07, 6.45) is 1.68. The SMILES string of the molecule is COc1ccc(CNCc2ccc([N+](=O)[O-])c(F)c2)cn1.